The molecule has 162 valence electrons. The van der Waals surface area contributed by atoms with Gasteiger partial charge in [-0.15, -0.1) is 0 Å². The topological polar surface area (TPSA) is 52.0 Å². The number of quaternary nitrogens is 1. The Labute approximate surface area is 182 Å². The fraction of sp³-hybridized carbons (Fsp3) is 0.240. The van der Waals surface area contributed by atoms with Gasteiger partial charge < -0.3 is 19.7 Å². The summed E-state index contributed by atoms with van der Waals surface area (Å²) in [7, 11) is 3.50. The molecule has 3 aromatic carbocycles. The number of hydrogen-bond donors (Lipinski definition) is 2. The first-order valence-electron chi connectivity index (χ1n) is 10.2. The molecule has 5 nitrogen and oxygen atoms in total. The van der Waals surface area contributed by atoms with Crippen molar-refractivity contribution in [2.24, 2.45) is 0 Å². The fourth-order valence-corrected chi connectivity index (χ4v) is 3.27. The van der Waals surface area contributed by atoms with Gasteiger partial charge in [0.25, 0.3) is 5.91 Å². The maximum atomic E-state index is 13.3. The van der Waals surface area contributed by atoms with Gasteiger partial charge in [-0.3, -0.25) is 4.79 Å². The Morgan fingerprint density at radius 2 is 1.71 bits per heavy atom. The van der Waals surface area contributed by atoms with E-state index in [0.717, 1.165) is 21.6 Å². The van der Waals surface area contributed by atoms with Crippen LogP contribution in [0, 0.1) is 5.82 Å². The van der Waals surface area contributed by atoms with E-state index in [4.69, 9.17) is 9.47 Å². The van der Waals surface area contributed by atoms with E-state index in [9.17, 15) is 9.18 Å². The number of hydrogen-bond acceptors (Lipinski definition) is 3. The van der Waals surface area contributed by atoms with Gasteiger partial charge in [0, 0.05) is 12.1 Å². The lowest BCUT2D eigenvalue weighted by atomic mass is 10.2. The summed E-state index contributed by atoms with van der Waals surface area (Å²) in [4.78, 5) is 13.3. The van der Waals surface area contributed by atoms with Gasteiger partial charge in [0.1, 0.15) is 19.0 Å². The van der Waals surface area contributed by atoms with Crippen molar-refractivity contribution in [3.05, 3.63) is 95.3 Å². The SMILES string of the molecule is COc1cc(CNC(=O)C[NH+](C)Cc2cccc(F)c2)ccc1OCc1ccccc1. The molecule has 0 fully saturated rings. The van der Waals surface area contributed by atoms with Crippen LogP contribution in [0.1, 0.15) is 16.7 Å². The van der Waals surface area contributed by atoms with Crippen LogP contribution in [-0.4, -0.2) is 26.6 Å². The number of carbonyl (C=O) groups excluding carboxylic acids is 1. The third-order valence-corrected chi connectivity index (χ3v) is 4.81. The fourth-order valence-electron chi connectivity index (χ4n) is 3.27. The molecule has 31 heavy (non-hydrogen) atoms. The van der Waals surface area contributed by atoms with Gasteiger partial charge in [0.2, 0.25) is 0 Å². The minimum Gasteiger partial charge on any atom is -0.493 e. The van der Waals surface area contributed by atoms with Crippen molar-refractivity contribution < 1.29 is 23.6 Å². The minimum atomic E-state index is -0.264. The van der Waals surface area contributed by atoms with Crippen LogP contribution < -0.4 is 19.7 Å². The summed E-state index contributed by atoms with van der Waals surface area (Å²) in [6.45, 7) is 1.72. The predicted molar refractivity (Wildman–Crippen MR) is 117 cm³/mol. The number of carbonyl (C=O) groups is 1. The first kappa shape index (κ1) is 22.3. The molecule has 0 aromatic heterocycles. The minimum absolute atomic E-state index is 0.0720. The van der Waals surface area contributed by atoms with E-state index < -0.39 is 0 Å². The average molecular weight is 424 g/mol. The van der Waals surface area contributed by atoms with Crippen LogP contribution >= 0.6 is 0 Å². The Bertz CT molecular complexity index is 995. The summed E-state index contributed by atoms with van der Waals surface area (Å²) in [5, 5.41) is 2.93. The van der Waals surface area contributed by atoms with Crippen molar-refractivity contribution in [3.63, 3.8) is 0 Å². The zero-order valence-corrected chi connectivity index (χ0v) is 17.9. The Morgan fingerprint density at radius 3 is 2.45 bits per heavy atom. The molecule has 0 aliphatic heterocycles. The second-order valence-corrected chi connectivity index (χ2v) is 7.48. The Balaban J connectivity index is 1.49. The second-order valence-electron chi connectivity index (χ2n) is 7.48. The number of halogens is 1. The second kappa shape index (κ2) is 11.1. The molecule has 6 heteroatoms. The van der Waals surface area contributed by atoms with E-state index in [1.54, 1.807) is 13.2 Å². The van der Waals surface area contributed by atoms with Crippen molar-refractivity contribution >= 4 is 5.91 Å². The number of ether oxygens (including phenoxy) is 2. The van der Waals surface area contributed by atoms with Crippen LogP contribution in [0.25, 0.3) is 0 Å². The van der Waals surface area contributed by atoms with E-state index in [2.05, 4.69) is 5.32 Å². The van der Waals surface area contributed by atoms with E-state index in [1.807, 2.05) is 61.6 Å². The number of nitrogens with one attached hydrogen (secondary N) is 2. The zero-order chi connectivity index (χ0) is 22.1. The number of benzene rings is 3. The molecule has 1 unspecified atom stereocenters. The van der Waals surface area contributed by atoms with Crippen LogP contribution in [0.15, 0.2) is 72.8 Å². The molecule has 0 heterocycles. The molecular formula is C25H28FN2O3+. The summed E-state index contributed by atoms with van der Waals surface area (Å²) >= 11 is 0. The van der Waals surface area contributed by atoms with E-state index in [0.29, 0.717) is 37.7 Å². The Kier molecular flexibility index (Phi) is 8.01. The van der Waals surface area contributed by atoms with Crippen LogP contribution in [0.5, 0.6) is 11.5 Å². The highest BCUT2D eigenvalue weighted by atomic mass is 19.1. The van der Waals surface area contributed by atoms with E-state index in [1.165, 1.54) is 12.1 Å². The maximum Gasteiger partial charge on any atom is 0.275 e. The van der Waals surface area contributed by atoms with Gasteiger partial charge in [0.15, 0.2) is 18.0 Å². The standard InChI is InChI=1S/C25H27FN2O3/c1-28(16-21-9-6-10-22(26)13-21)17-25(29)27-15-20-11-12-23(24(14-20)30-2)31-18-19-7-4-3-5-8-19/h3-14H,15-18H2,1-2H3,(H,27,29)/p+1. The number of likely N-dealkylation sites (N-methyl/N-ethyl adjacent to an activating group) is 1. The van der Waals surface area contributed by atoms with Crippen molar-refractivity contribution in [3.8, 4) is 11.5 Å². The Hall–Kier alpha value is -3.38. The lowest BCUT2D eigenvalue weighted by molar-refractivity contribution is -0.885. The van der Waals surface area contributed by atoms with Gasteiger partial charge >= 0.3 is 0 Å². The van der Waals surface area contributed by atoms with Gasteiger partial charge in [-0.2, -0.15) is 0 Å². The highest BCUT2D eigenvalue weighted by molar-refractivity contribution is 5.76. The Morgan fingerprint density at radius 1 is 0.935 bits per heavy atom. The van der Waals surface area contributed by atoms with Gasteiger partial charge in [-0.05, 0) is 35.4 Å². The smallest absolute Gasteiger partial charge is 0.275 e. The summed E-state index contributed by atoms with van der Waals surface area (Å²) in [6, 6.07) is 22.0. The summed E-state index contributed by atoms with van der Waals surface area (Å²) < 4.78 is 24.6. The summed E-state index contributed by atoms with van der Waals surface area (Å²) in [5.41, 5.74) is 2.85. The molecule has 0 aliphatic rings. The first-order valence-corrected chi connectivity index (χ1v) is 10.2. The number of amides is 1. The highest BCUT2D eigenvalue weighted by Gasteiger charge is 2.12. The average Bonchev–Trinajstić information content (AvgIpc) is 2.77. The lowest BCUT2D eigenvalue weighted by Crippen LogP contribution is -3.08. The number of methoxy groups -OCH3 is 1. The van der Waals surface area contributed by atoms with Crippen LogP contribution in [-0.2, 0) is 24.5 Å². The molecule has 0 spiro atoms. The molecule has 0 saturated carbocycles. The van der Waals surface area contributed by atoms with Crippen molar-refractivity contribution in [1.29, 1.82) is 0 Å². The zero-order valence-electron chi connectivity index (χ0n) is 17.9. The quantitative estimate of drug-likeness (QED) is 0.527. The van der Waals surface area contributed by atoms with Crippen molar-refractivity contribution in [1.82, 2.24) is 5.32 Å². The molecular weight excluding hydrogens is 395 g/mol. The van der Waals surface area contributed by atoms with E-state index in [-0.39, 0.29) is 11.7 Å². The van der Waals surface area contributed by atoms with Gasteiger partial charge in [0.05, 0.1) is 14.2 Å². The predicted octanol–water partition coefficient (Wildman–Crippen LogP) is 2.74. The highest BCUT2D eigenvalue weighted by Crippen LogP contribution is 2.28. The van der Waals surface area contributed by atoms with Crippen molar-refractivity contribution in [2.45, 2.75) is 19.7 Å². The van der Waals surface area contributed by atoms with Crippen LogP contribution in [0.4, 0.5) is 4.39 Å². The van der Waals surface area contributed by atoms with Crippen LogP contribution in [0.3, 0.4) is 0 Å². The maximum absolute atomic E-state index is 13.3. The molecule has 0 radical (unpaired) electrons. The number of rotatable bonds is 10. The third kappa shape index (κ3) is 7.12. The molecule has 0 saturated heterocycles. The van der Waals surface area contributed by atoms with Gasteiger partial charge in [-0.1, -0.05) is 48.5 Å². The molecule has 1 atom stereocenters. The summed E-state index contributed by atoms with van der Waals surface area (Å²) in [6.07, 6.45) is 0. The molecule has 0 bridgehead atoms. The molecule has 2 N–H and O–H groups in total. The molecule has 3 rings (SSSR count). The van der Waals surface area contributed by atoms with Gasteiger partial charge in [-0.25, -0.2) is 4.39 Å². The lowest BCUT2D eigenvalue weighted by Gasteiger charge is -2.15. The van der Waals surface area contributed by atoms with E-state index >= 15 is 0 Å². The first-order chi connectivity index (χ1) is 15.0. The van der Waals surface area contributed by atoms with Crippen LogP contribution in [0.2, 0.25) is 0 Å². The van der Waals surface area contributed by atoms with Crippen molar-refractivity contribution in [2.75, 3.05) is 20.7 Å². The molecule has 0 aliphatic carbocycles. The largest absolute Gasteiger partial charge is 0.493 e. The summed E-state index contributed by atoms with van der Waals surface area (Å²) in [5.74, 6) is 0.939. The normalized spacial score (nSPS) is 11.6. The molecule has 1 amide bonds. The third-order valence-electron chi connectivity index (χ3n) is 4.81. The monoisotopic (exact) mass is 423 g/mol. The molecule has 3 aromatic rings.